The highest BCUT2D eigenvalue weighted by molar-refractivity contribution is 5.82. The molecule has 1 amide bonds. The van der Waals surface area contributed by atoms with Crippen LogP contribution in [-0.2, 0) is 16.0 Å². The van der Waals surface area contributed by atoms with Crippen LogP contribution in [0.4, 0.5) is 0 Å². The summed E-state index contributed by atoms with van der Waals surface area (Å²) in [6.45, 7) is 5.70. The number of carboxylic acid groups (broad SMARTS) is 1. The van der Waals surface area contributed by atoms with Crippen molar-refractivity contribution < 1.29 is 19.4 Å². The third-order valence-corrected chi connectivity index (χ3v) is 2.65. The van der Waals surface area contributed by atoms with Gasteiger partial charge in [0.2, 0.25) is 5.91 Å². The second kappa shape index (κ2) is 6.78. The largest absolute Gasteiger partial charge is 0.494 e. The van der Waals surface area contributed by atoms with E-state index in [0.717, 1.165) is 16.9 Å². The molecule has 5 nitrogen and oxygen atoms in total. The number of aryl methyl sites for hydroxylation is 1. The van der Waals surface area contributed by atoms with Crippen molar-refractivity contribution in [2.24, 2.45) is 0 Å². The Morgan fingerprint density at radius 1 is 1.42 bits per heavy atom. The molecule has 0 aliphatic carbocycles. The van der Waals surface area contributed by atoms with Crippen molar-refractivity contribution in [3.63, 3.8) is 0 Å². The molecule has 0 fully saturated rings. The van der Waals surface area contributed by atoms with Crippen molar-refractivity contribution in [1.29, 1.82) is 0 Å². The van der Waals surface area contributed by atoms with Gasteiger partial charge in [-0.1, -0.05) is 12.1 Å². The van der Waals surface area contributed by atoms with Crippen LogP contribution in [0.25, 0.3) is 0 Å². The van der Waals surface area contributed by atoms with Gasteiger partial charge in [-0.3, -0.25) is 4.79 Å². The van der Waals surface area contributed by atoms with Crippen LogP contribution in [0.1, 0.15) is 25.0 Å². The van der Waals surface area contributed by atoms with Gasteiger partial charge in [-0.2, -0.15) is 0 Å². The van der Waals surface area contributed by atoms with E-state index in [-0.39, 0.29) is 12.3 Å². The number of hydrogen-bond acceptors (Lipinski definition) is 3. The topological polar surface area (TPSA) is 75.6 Å². The van der Waals surface area contributed by atoms with Crippen LogP contribution in [0.5, 0.6) is 5.75 Å². The van der Waals surface area contributed by atoms with E-state index in [9.17, 15) is 9.59 Å². The summed E-state index contributed by atoms with van der Waals surface area (Å²) in [4.78, 5) is 22.0. The number of benzene rings is 1. The minimum absolute atomic E-state index is 0.252. The maximum atomic E-state index is 11.1. The zero-order valence-corrected chi connectivity index (χ0v) is 11.4. The molecular formula is C14H19NO4. The molecule has 2 N–H and O–H groups in total. The molecular weight excluding hydrogens is 246 g/mol. The van der Waals surface area contributed by atoms with Crippen molar-refractivity contribution in [1.82, 2.24) is 5.32 Å². The number of aliphatic carboxylic acids is 1. The Balaban J connectivity index is 2.82. The Labute approximate surface area is 112 Å². The Hall–Kier alpha value is -2.04. The molecule has 0 bridgehead atoms. The zero-order chi connectivity index (χ0) is 14.4. The van der Waals surface area contributed by atoms with Crippen LogP contribution in [0.15, 0.2) is 18.2 Å². The fraction of sp³-hybridized carbons (Fsp3) is 0.429. The first kappa shape index (κ1) is 15.0. The molecule has 0 aliphatic heterocycles. The maximum absolute atomic E-state index is 11.1. The molecule has 5 heteroatoms. The predicted molar refractivity (Wildman–Crippen MR) is 71.3 cm³/mol. The highest BCUT2D eigenvalue weighted by Crippen LogP contribution is 2.20. The van der Waals surface area contributed by atoms with Gasteiger partial charge in [0.15, 0.2) is 0 Å². The first-order chi connectivity index (χ1) is 8.93. The standard InChI is InChI=1S/C14H19NO4/c1-4-19-13-6-5-11(7-9(13)2)8-12(14(17)18)15-10(3)16/h5-7,12H,4,8H2,1-3H3,(H,15,16)(H,17,18). The third-order valence-electron chi connectivity index (χ3n) is 2.65. The number of nitrogens with one attached hydrogen (secondary N) is 1. The SMILES string of the molecule is CCOc1ccc(CC(NC(C)=O)C(=O)O)cc1C. The van der Waals surface area contributed by atoms with Gasteiger partial charge in [0.1, 0.15) is 11.8 Å². The van der Waals surface area contributed by atoms with Crippen LogP contribution >= 0.6 is 0 Å². The molecule has 0 spiro atoms. The lowest BCUT2D eigenvalue weighted by Crippen LogP contribution is -2.41. The summed E-state index contributed by atoms with van der Waals surface area (Å²) >= 11 is 0. The van der Waals surface area contributed by atoms with E-state index < -0.39 is 12.0 Å². The molecule has 0 heterocycles. The molecule has 1 unspecified atom stereocenters. The summed E-state index contributed by atoms with van der Waals surface area (Å²) in [7, 11) is 0. The fourth-order valence-corrected chi connectivity index (χ4v) is 1.84. The Morgan fingerprint density at radius 3 is 2.58 bits per heavy atom. The number of carboxylic acids is 1. The lowest BCUT2D eigenvalue weighted by molar-refractivity contribution is -0.141. The zero-order valence-electron chi connectivity index (χ0n) is 11.4. The summed E-state index contributed by atoms with van der Waals surface area (Å²) in [6.07, 6.45) is 0.252. The molecule has 1 rings (SSSR count). The summed E-state index contributed by atoms with van der Waals surface area (Å²) in [5.41, 5.74) is 1.80. The van der Waals surface area contributed by atoms with E-state index in [1.165, 1.54) is 6.92 Å². The lowest BCUT2D eigenvalue weighted by Gasteiger charge is -2.14. The highest BCUT2D eigenvalue weighted by Gasteiger charge is 2.19. The Morgan fingerprint density at radius 2 is 2.11 bits per heavy atom. The van der Waals surface area contributed by atoms with Crippen LogP contribution < -0.4 is 10.1 Å². The van der Waals surface area contributed by atoms with Gasteiger partial charge < -0.3 is 15.2 Å². The minimum Gasteiger partial charge on any atom is -0.494 e. The quantitative estimate of drug-likeness (QED) is 0.817. The van der Waals surface area contributed by atoms with Crippen molar-refractivity contribution in [3.05, 3.63) is 29.3 Å². The van der Waals surface area contributed by atoms with Gasteiger partial charge in [0.05, 0.1) is 6.61 Å². The maximum Gasteiger partial charge on any atom is 0.326 e. The third kappa shape index (κ3) is 4.62. The molecule has 0 saturated carbocycles. The van der Waals surface area contributed by atoms with Crippen LogP contribution in [0, 0.1) is 6.92 Å². The summed E-state index contributed by atoms with van der Waals surface area (Å²) in [5.74, 6) is -0.602. The fourth-order valence-electron chi connectivity index (χ4n) is 1.84. The van der Waals surface area contributed by atoms with E-state index in [1.807, 2.05) is 32.0 Å². The van der Waals surface area contributed by atoms with Crippen molar-refractivity contribution >= 4 is 11.9 Å². The van der Waals surface area contributed by atoms with E-state index in [2.05, 4.69) is 5.32 Å². The number of hydrogen-bond donors (Lipinski definition) is 2. The molecule has 1 aromatic carbocycles. The van der Waals surface area contributed by atoms with Gasteiger partial charge in [0.25, 0.3) is 0 Å². The highest BCUT2D eigenvalue weighted by atomic mass is 16.5. The first-order valence-electron chi connectivity index (χ1n) is 6.16. The van der Waals surface area contributed by atoms with E-state index in [1.54, 1.807) is 0 Å². The Bertz CT molecular complexity index is 471. The second-order valence-electron chi connectivity index (χ2n) is 4.33. The van der Waals surface area contributed by atoms with Crippen molar-refractivity contribution in [2.75, 3.05) is 6.61 Å². The van der Waals surface area contributed by atoms with Gasteiger partial charge >= 0.3 is 5.97 Å². The molecule has 19 heavy (non-hydrogen) atoms. The van der Waals surface area contributed by atoms with Crippen LogP contribution in [-0.4, -0.2) is 29.6 Å². The molecule has 0 saturated heterocycles. The average Bonchev–Trinajstić information content (AvgIpc) is 2.31. The summed E-state index contributed by atoms with van der Waals surface area (Å²) in [6, 6.07) is 4.61. The number of ether oxygens (including phenoxy) is 1. The monoisotopic (exact) mass is 265 g/mol. The van der Waals surface area contributed by atoms with E-state index in [4.69, 9.17) is 9.84 Å². The number of carbonyl (C=O) groups excluding carboxylic acids is 1. The lowest BCUT2D eigenvalue weighted by atomic mass is 10.0. The van der Waals surface area contributed by atoms with Gasteiger partial charge in [0, 0.05) is 13.3 Å². The molecule has 1 aromatic rings. The van der Waals surface area contributed by atoms with Crippen molar-refractivity contribution in [2.45, 2.75) is 33.2 Å². The smallest absolute Gasteiger partial charge is 0.326 e. The van der Waals surface area contributed by atoms with E-state index >= 15 is 0 Å². The molecule has 1 atom stereocenters. The minimum atomic E-state index is -1.04. The van der Waals surface area contributed by atoms with Crippen LogP contribution in [0.2, 0.25) is 0 Å². The van der Waals surface area contributed by atoms with Gasteiger partial charge in [-0.25, -0.2) is 4.79 Å². The van der Waals surface area contributed by atoms with Crippen molar-refractivity contribution in [3.8, 4) is 5.75 Å². The number of rotatable bonds is 6. The Kier molecular flexibility index (Phi) is 5.36. The summed E-state index contributed by atoms with van der Waals surface area (Å²) < 4.78 is 5.42. The second-order valence-corrected chi connectivity index (χ2v) is 4.33. The van der Waals surface area contributed by atoms with Crippen LogP contribution in [0.3, 0.4) is 0 Å². The predicted octanol–water partition coefficient (Wildman–Crippen LogP) is 1.53. The molecule has 104 valence electrons. The summed E-state index contributed by atoms with van der Waals surface area (Å²) in [5, 5.41) is 11.5. The van der Waals surface area contributed by atoms with E-state index in [0.29, 0.717) is 6.61 Å². The van der Waals surface area contributed by atoms with Gasteiger partial charge in [-0.05, 0) is 31.0 Å². The first-order valence-corrected chi connectivity index (χ1v) is 6.16. The molecule has 0 aromatic heterocycles. The molecule has 0 aliphatic rings. The molecule has 0 radical (unpaired) electrons. The number of carbonyl (C=O) groups is 2. The number of amides is 1. The normalized spacial score (nSPS) is 11.7. The average molecular weight is 265 g/mol. The van der Waals surface area contributed by atoms with Gasteiger partial charge in [-0.15, -0.1) is 0 Å².